The quantitative estimate of drug-likeness (QED) is 0.757. The topological polar surface area (TPSA) is 52.5 Å². The summed E-state index contributed by atoms with van der Waals surface area (Å²) in [5.74, 6) is 0. The summed E-state index contributed by atoms with van der Waals surface area (Å²) in [6.07, 6.45) is 2.42. The molecule has 0 unspecified atom stereocenters. The molecule has 2 heterocycles. The van der Waals surface area contributed by atoms with Crippen LogP contribution in [0.25, 0.3) is 21.5 Å². The van der Waals surface area contributed by atoms with Gasteiger partial charge in [0.05, 0.1) is 18.2 Å². The highest BCUT2D eigenvalue weighted by molar-refractivity contribution is 7.15. The fourth-order valence-electron chi connectivity index (χ4n) is 2.03. The van der Waals surface area contributed by atoms with E-state index in [1.165, 1.54) is 5.39 Å². The molecular weight excluding hydrogens is 242 g/mol. The molecule has 0 aliphatic rings. The van der Waals surface area contributed by atoms with Gasteiger partial charge in [0.15, 0.2) is 0 Å². The van der Waals surface area contributed by atoms with E-state index >= 15 is 0 Å². The van der Waals surface area contributed by atoms with Crippen LogP contribution in [0.3, 0.4) is 0 Å². The molecule has 1 aromatic carbocycles. The minimum Gasteiger partial charge on any atom is -0.360 e. The molecule has 0 aliphatic heterocycles. The molecule has 88 valence electrons. The summed E-state index contributed by atoms with van der Waals surface area (Å²) in [6, 6.07) is 10.4. The Hall–Kier alpha value is -2.12. The number of para-hydroxylation sites is 1. The van der Waals surface area contributed by atoms with Crippen LogP contribution in [0.15, 0.2) is 30.5 Å². The van der Waals surface area contributed by atoms with E-state index in [0.29, 0.717) is 6.42 Å². The number of nitrogens with zero attached hydrogens (tertiary/aromatic N) is 2. The van der Waals surface area contributed by atoms with E-state index in [9.17, 15) is 0 Å². The van der Waals surface area contributed by atoms with Crippen molar-refractivity contribution in [1.82, 2.24) is 9.97 Å². The molecule has 0 saturated carbocycles. The normalized spacial score (nSPS) is 10.7. The van der Waals surface area contributed by atoms with Crippen molar-refractivity contribution >= 4 is 22.2 Å². The van der Waals surface area contributed by atoms with Crippen LogP contribution in [-0.4, -0.2) is 9.97 Å². The Kier molecular flexibility index (Phi) is 2.62. The number of nitriles is 1. The lowest BCUT2D eigenvalue weighted by Gasteiger charge is -1.92. The molecule has 3 rings (SSSR count). The number of nitrogens with one attached hydrogen (secondary N) is 1. The van der Waals surface area contributed by atoms with Crippen molar-refractivity contribution in [2.24, 2.45) is 0 Å². The van der Waals surface area contributed by atoms with Crippen LogP contribution < -0.4 is 0 Å². The van der Waals surface area contributed by atoms with Crippen LogP contribution in [0.1, 0.15) is 10.6 Å². The van der Waals surface area contributed by atoms with Gasteiger partial charge in [-0.05, 0) is 13.0 Å². The van der Waals surface area contributed by atoms with E-state index in [4.69, 9.17) is 5.26 Å². The Morgan fingerprint density at radius 3 is 3.06 bits per heavy atom. The number of aromatic amines is 1. The fraction of sp³-hybridized carbons (Fsp3) is 0.143. The molecule has 0 aliphatic carbocycles. The highest BCUT2D eigenvalue weighted by Crippen LogP contribution is 2.33. The van der Waals surface area contributed by atoms with Crippen molar-refractivity contribution in [2.45, 2.75) is 13.3 Å². The third-order valence-electron chi connectivity index (χ3n) is 2.95. The molecule has 2 aromatic heterocycles. The molecule has 0 spiro atoms. The third kappa shape index (κ3) is 1.69. The van der Waals surface area contributed by atoms with E-state index in [-0.39, 0.29) is 0 Å². The van der Waals surface area contributed by atoms with Gasteiger partial charge in [-0.15, -0.1) is 11.3 Å². The summed E-state index contributed by atoms with van der Waals surface area (Å²) in [6.45, 7) is 1.96. The van der Waals surface area contributed by atoms with Gasteiger partial charge in [0, 0.05) is 27.5 Å². The summed E-state index contributed by atoms with van der Waals surface area (Å²) in [7, 11) is 0. The van der Waals surface area contributed by atoms with Crippen molar-refractivity contribution in [3.05, 3.63) is 41.0 Å². The van der Waals surface area contributed by atoms with Crippen LogP contribution in [-0.2, 0) is 6.42 Å². The van der Waals surface area contributed by atoms with E-state index in [0.717, 1.165) is 26.7 Å². The first-order valence-corrected chi connectivity index (χ1v) is 6.51. The number of rotatable bonds is 2. The van der Waals surface area contributed by atoms with Crippen LogP contribution in [0, 0.1) is 18.3 Å². The maximum absolute atomic E-state index is 8.78. The van der Waals surface area contributed by atoms with Crippen molar-refractivity contribution in [3.8, 4) is 16.6 Å². The fourth-order valence-corrected chi connectivity index (χ4v) is 3.05. The second kappa shape index (κ2) is 4.28. The van der Waals surface area contributed by atoms with E-state index in [1.54, 1.807) is 11.3 Å². The standard InChI is InChI=1S/C14H11N3S/c1-9-13(6-7-15)18-14(17-9)11-8-16-12-5-3-2-4-10(11)12/h2-5,8,16H,6H2,1H3. The summed E-state index contributed by atoms with van der Waals surface area (Å²) in [4.78, 5) is 8.87. The first-order chi connectivity index (χ1) is 8.79. The Morgan fingerprint density at radius 1 is 1.39 bits per heavy atom. The van der Waals surface area contributed by atoms with Crippen LogP contribution in [0.4, 0.5) is 0 Å². The average molecular weight is 253 g/mol. The van der Waals surface area contributed by atoms with Crippen LogP contribution in [0.2, 0.25) is 0 Å². The molecule has 4 heteroatoms. The lowest BCUT2D eigenvalue weighted by molar-refractivity contribution is 1.19. The minimum absolute atomic E-state index is 0.436. The molecule has 0 amide bonds. The zero-order valence-electron chi connectivity index (χ0n) is 9.90. The van der Waals surface area contributed by atoms with E-state index in [1.807, 2.05) is 25.3 Å². The van der Waals surface area contributed by atoms with Gasteiger partial charge >= 0.3 is 0 Å². The lowest BCUT2D eigenvalue weighted by Crippen LogP contribution is -1.79. The Labute approximate surface area is 109 Å². The van der Waals surface area contributed by atoms with Gasteiger partial charge in [-0.1, -0.05) is 18.2 Å². The summed E-state index contributed by atoms with van der Waals surface area (Å²) >= 11 is 1.60. The van der Waals surface area contributed by atoms with Gasteiger partial charge in [-0.3, -0.25) is 0 Å². The summed E-state index contributed by atoms with van der Waals surface area (Å²) in [5, 5.41) is 10.9. The average Bonchev–Trinajstić information content (AvgIpc) is 2.94. The predicted molar refractivity (Wildman–Crippen MR) is 73.5 cm³/mol. The number of hydrogen-bond acceptors (Lipinski definition) is 3. The number of fused-ring (bicyclic) bond motifs is 1. The molecule has 3 aromatic rings. The smallest absolute Gasteiger partial charge is 0.126 e. The molecule has 0 saturated heterocycles. The number of benzene rings is 1. The van der Waals surface area contributed by atoms with Gasteiger partial charge < -0.3 is 4.98 Å². The maximum Gasteiger partial charge on any atom is 0.126 e. The first-order valence-electron chi connectivity index (χ1n) is 5.69. The first kappa shape index (κ1) is 11.0. The predicted octanol–water partition coefficient (Wildman–Crippen LogP) is 3.67. The van der Waals surface area contributed by atoms with Gasteiger partial charge in [0.1, 0.15) is 5.01 Å². The van der Waals surface area contributed by atoms with E-state index in [2.05, 4.69) is 28.2 Å². The Bertz CT molecular complexity index is 746. The van der Waals surface area contributed by atoms with Crippen LogP contribution in [0.5, 0.6) is 0 Å². The minimum atomic E-state index is 0.436. The highest BCUT2D eigenvalue weighted by atomic mass is 32.1. The monoisotopic (exact) mass is 253 g/mol. The second-order valence-corrected chi connectivity index (χ2v) is 5.19. The number of aryl methyl sites for hydroxylation is 1. The van der Waals surface area contributed by atoms with E-state index < -0.39 is 0 Å². The SMILES string of the molecule is Cc1nc(-c2c[nH]c3ccccc23)sc1CC#N. The maximum atomic E-state index is 8.78. The van der Waals surface area contributed by atoms with Crippen molar-refractivity contribution in [1.29, 1.82) is 5.26 Å². The van der Waals surface area contributed by atoms with Crippen molar-refractivity contribution in [3.63, 3.8) is 0 Å². The molecule has 0 radical (unpaired) electrons. The molecule has 0 fully saturated rings. The van der Waals surface area contributed by atoms with Gasteiger partial charge in [-0.25, -0.2) is 4.98 Å². The molecule has 3 nitrogen and oxygen atoms in total. The molecular formula is C14H11N3S. The zero-order valence-corrected chi connectivity index (χ0v) is 10.7. The zero-order chi connectivity index (χ0) is 12.5. The van der Waals surface area contributed by atoms with Crippen LogP contribution >= 0.6 is 11.3 Å². The number of thiazole rings is 1. The molecule has 1 N–H and O–H groups in total. The van der Waals surface area contributed by atoms with Crippen molar-refractivity contribution in [2.75, 3.05) is 0 Å². The molecule has 18 heavy (non-hydrogen) atoms. The highest BCUT2D eigenvalue weighted by Gasteiger charge is 2.12. The number of aromatic nitrogens is 2. The van der Waals surface area contributed by atoms with Gasteiger partial charge in [0.2, 0.25) is 0 Å². The Balaban J connectivity index is 2.15. The lowest BCUT2D eigenvalue weighted by atomic mass is 10.2. The third-order valence-corrected chi connectivity index (χ3v) is 4.14. The van der Waals surface area contributed by atoms with Gasteiger partial charge in [0.25, 0.3) is 0 Å². The number of hydrogen-bond donors (Lipinski definition) is 1. The molecule has 0 bridgehead atoms. The Morgan fingerprint density at radius 2 is 2.22 bits per heavy atom. The summed E-state index contributed by atoms with van der Waals surface area (Å²) in [5.41, 5.74) is 3.19. The molecule has 0 atom stereocenters. The summed E-state index contributed by atoms with van der Waals surface area (Å²) < 4.78 is 0. The van der Waals surface area contributed by atoms with Crippen molar-refractivity contribution < 1.29 is 0 Å². The number of H-pyrrole nitrogens is 1. The van der Waals surface area contributed by atoms with Gasteiger partial charge in [-0.2, -0.15) is 5.26 Å². The largest absolute Gasteiger partial charge is 0.360 e. The second-order valence-electron chi connectivity index (χ2n) is 4.11.